The highest BCUT2D eigenvalue weighted by atomic mass is 19.1. The first-order valence-corrected chi connectivity index (χ1v) is 4.49. The lowest BCUT2D eigenvalue weighted by molar-refractivity contribution is 0.174. The van der Waals surface area contributed by atoms with Crippen LogP contribution in [0.1, 0.15) is 11.7 Å². The van der Waals surface area contributed by atoms with Crippen molar-refractivity contribution in [3.05, 3.63) is 23.8 Å². The molecule has 0 bridgehead atoms. The zero-order valence-corrected chi connectivity index (χ0v) is 7.92. The van der Waals surface area contributed by atoms with Gasteiger partial charge in [0.1, 0.15) is 6.17 Å². The van der Waals surface area contributed by atoms with E-state index in [0.29, 0.717) is 23.6 Å². The van der Waals surface area contributed by atoms with Crippen molar-refractivity contribution in [3.8, 4) is 11.5 Å². The number of alkyl halides is 1. The molecule has 3 nitrogen and oxygen atoms in total. The average Bonchev–Trinajstić information content (AvgIpc) is 2.64. The van der Waals surface area contributed by atoms with Gasteiger partial charge in [0.05, 0.1) is 0 Å². The SMILES string of the molecule is CNCC(F)c1ccc2c(c1)OCO2. The molecule has 1 aliphatic heterocycles. The van der Waals surface area contributed by atoms with Crippen molar-refractivity contribution in [3.63, 3.8) is 0 Å². The molecular formula is C10H12FNO2. The quantitative estimate of drug-likeness (QED) is 0.799. The Morgan fingerprint density at radius 2 is 2.21 bits per heavy atom. The Morgan fingerprint density at radius 3 is 3.00 bits per heavy atom. The molecule has 0 aliphatic carbocycles. The minimum atomic E-state index is -1.01. The summed E-state index contributed by atoms with van der Waals surface area (Å²) in [4.78, 5) is 0. The minimum absolute atomic E-state index is 0.224. The fraction of sp³-hybridized carbons (Fsp3) is 0.400. The number of halogens is 1. The number of hydrogen-bond donors (Lipinski definition) is 1. The molecule has 1 aromatic rings. The van der Waals surface area contributed by atoms with E-state index in [1.165, 1.54) is 0 Å². The summed E-state index contributed by atoms with van der Waals surface area (Å²) in [6.45, 7) is 0.529. The fourth-order valence-corrected chi connectivity index (χ4v) is 1.41. The number of hydrogen-bond acceptors (Lipinski definition) is 3. The highest BCUT2D eigenvalue weighted by Gasteiger charge is 2.16. The summed E-state index contributed by atoms with van der Waals surface area (Å²) >= 11 is 0. The smallest absolute Gasteiger partial charge is 0.231 e. The second kappa shape index (κ2) is 3.84. The van der Waals surface area contributed by atoms with Gasteiger partial charge in [-0.05, 0) is 24.7 Å². The molecule has 1 aromatic carbocycles. The van der Waals surface area contributed by atoms with Crippen LogP contribution < -0.4 is 14.8 Å². The van der Waals surface area contributed by atoms with Crippen molar-refractivity contribution >= 4 is 0 Å². The van der Waals surface area contributed by atoms with Crippen LogP contribution in [0.25, 0.3) is 0 Å². The van der Waals surface area contributed by atoms with Gasteiger partial charge < -0.3 is 14.8 Å². The second-order valence-corrected chi connectivity index (χ2v) is 3.14. The van der Waals surface area contributed by atoms with Gasteiger partial charge in [-0.2, -0.15) is 0 Å². The molecule has 1 unspecified atom stereocenters. The number of nitrogens with one attached hydrogen (secondary N) is 1. The summed E-state index contributed by atoms with van der Waals surface area (Å²) < 4.78 is 23.7. The van der Waals surface area contributed by atoms with E-state index < -0.39 is 6.17 Å². The van der Waals surface area contributed by atoms with Gasteiger partial charge in [-0.1, -0.05) is 6.07 Å². The highest BCUT2D eigenvalue weighted by molar-refractivity contribution is 5.45. The third kappa shape index (κ3) is 1.65. The van der Waals surface area contributed by atoms with Gasteiger partial charge in [-0.25, -0.2) is 4.39 Å². The van der Waals surface area contributed by atoms with Crippen LogP contribution in [0.3, 0.4) is 0 Å². The Morgan fingerprint density at radius 1 is 1.43 bits per heavy atom. The summed E-state index contributed by atoms with van der Waals surface area (Å²) in [6, 6.07) is 5.14. The number of likely N-dealkylation sites (N-methyl/N-ethyl adjacent to an activating group) is 1. The molecule has 0 radical (unpaired) electrons. The Hall–Kier alpha value is -1.29. The molecule has 0 saturated carbocycles. The van der Waals surface area contributed by atoms with Crippen molar-refractivity contribution in [2.24, 2.45) is 0 Å². The van der Waals surface area contributed by atoms with Gasteiger partial charge in [0.25, 0.3) is 0 Å². The van der Waals surface area contributed by atoms with Gasteiger partial charge in [0.2, 0.25) is 6.79 Å². The standard InChI is InChI=1S/C10H12FNO2/c1-12-5-8(11)7-2-3-9-10(4-7)14-6-13-9/h2-4,8,12H,5-6H2,1H3. The van der Waals surface area contributed by atoms with Crippen molar-refractivity contribution in [1.82, 2.24) is 5.32 Å². The molecule has 14 heavy (non-hydrogen) atoms. The third-order valence-electron chi connectivity index (χ3n) is 2.14. The topological polar surface area (TPSA) is 30.5 Å². The van der Waals surface area contributed by atoms with E-state index in [-0.39, 0.29) is 6.79 Å². The Labute approximate surface area is 81.8 Å². The van der Waals surface area contributed by atoms with Crippen molar-refractivity contribution in [1.29, 1.82) is 0 Å². The van der Waals surface area contributed by atoms with Gasteiger partial charge in [0, 0.05) is 6.54 Å². The van der Waals surface area contributed by atoms with Crippen LogP contribution >= 0.6 is 0 Å². The van der Waals surface area contributed by atoms with Crippen LogP contribution in [0.5, 0.6) is 11.5 Å². The van der Waals surface area contributed by atoms with Crippen LogP contribution in [0.2, 0.25) is 0 Å². The van der Waals surface area contributed by atoms with Crippen molar-refractivity contribution in [2.45, 2.75) is 6.17 Å². The van der Waals surface area contributed by atoms with E-state index >= 15 is 0 Å². The second-order valence-electron chi connectivity index (χ2n) is 3.14. The molecule has 0 spiro atoms. The van der Waals surface area contributed by atoms with E-state index in [9.17, 15) is 4.39 Å². The molecule has 2 rings (SSSR count). The predicted octanol–water partition coefficient (Wildman–Crippen LogP) is 1.65. The van der Waals surface area contributed by atoms with Gasteiger partial charge in [-0.15, -0.1) is 0 Å². The molecule has 1 N–H and O–H groups in total. The predicted molar refractivity (Wildman–Crippen MR) is 50.3 cm³/mol. The Balaban J connectivity index is 2.19. The molecular weight excluding hydrogens is 185 g/mol. The largest absolute Gasteiger partial charge is 0.454 e. The number of rotatable bonds is 3. The maximum absolute atomic E-state index is 13.4. The van der Waals surface area contributed by atoms with E-state index in [0.717, 1.165) is 0 Å². The molecule has 0 aromatic heterocycles. The van der Waals surface area contributed by atoms with E-state index in [2.05, 4.69) is 5.32 Å². The molecule has 1 aliphatic rings. The van der Waals surface area contributed by atoms with Crippen molar-refractivity contribution in [2.75, 3.05) is 20.4 Å². The lowest BCUT2D eigenvalue weighted by atomic mass is 10.1. The maximum Gasteiger partial charge on any atom is 0.231 e. The van der Waals surface area contributed by atoms with Crippen LogP contribution in [-0.4, -0.2) is 20.4 Å². The third-order valence-corrected chi connectivity index (χ3v) is 2.14. The van der Waals surface area contributed by atoms with Crippen LogP contribution in [0.4, 0.5) is 4.39 Å². The molecule has 1 heterocycles. The van der Waals surface area contributed by atoms with Crippen LogP contribution in [0.15, 0.2) is 18.2 Å². The molecule has 0 fully saturated rings. The highest BCUT2D eigenvalue weighted by Crippen LogP contribution is 2.34. The molecule has 76 valence electrons. The van der Waals surface area contributed by atoms with E-state index in [1.807, 2.05) is 0 Å². The normalized spacial score (nSPS) is 15.6. The van der Waals surface area contributed by atoms with Gasteiger partial charge in [0.15, 0.2) is 11.5 Å². The number of fused-ring (bicyclic) bond motifs is 1. The van der Waals surface area contributed by atoms with Crippen LogP contribution in [-0.2, 0) is 0 Å². The van der Waals surface area contributed by atoms with Crippen LogP contribution in [0, 0.1) is 0 Å². The summed E-state index contributed by atoms with van der Waals surface area (Å²) in [7, 11) is 1.72. The molecule has 4 heteroatoms. The first-order valence-electron chi connectivity index (χ1n) is 4.49. The lowest BCUT2D eigenvalue weighted by Crippen LogP contribution is -2.13. The monoisotopic (exact) mass is 197 g/mol. The minimum Gasteiger partial charge on any atom is -0.454 e. The summed E-state index contributed by atoms with van der Waals surface area (Å²) in [5.74, 6) is 1.31. The average molecular weight is 197 g/mol. The summed E-state index contributed by atoms with van der Waals surface area (Å²) in [5.41, 5.74) is 0.614. The van der Waals surface area contributed by atoms with Gasteiger partial charge >= 0.3 is 0 Å². The zero-order chi connectivity index (χ0) is 9.97. The number of ether oxygens (including phenoxy) is 2. The fourth-order valence-electron chi connectivity index (χ4n) is 1.41. The summed E-state index contributed by atoms with van der Waals surface area (Å²) in [6.07, 6.45) is -1.01. The van der Waals surface area contributed by atoms with Crippen molar-refractivity contribution < 1.29 is 13.9 Å². The van der Waals surface area contributed by atoms with E-state index in [4.69, 9.17) is 9.47 Å². The first kappa shape index (κ1) is 9.27. The van der Waals surface area contributed by atoms with E-state index in [1.54, 1.807) is 25.2 Å². The maximum atomic E-state index is 13.4. The number of benzene rings is 1. The van der Waals surface area contributed by atoms with Gasteiger partial charge in [-0.3, -0.25) is 0 Å². The lowest BCUT2D eigenvalue weighted by Gasteiger charge is -2.08. The first-order chi connectivity index (χ1) is 6.81. The molecule has 0 saturated heterocycles. The Kier molecular flexibility index (Phi) is 2.54. The molecule has 1 atom stereocenters. The summed E-state index contributed by atoms with van der Waals surface area (Å²) in [5, 5.41) is 2.79. The molecule has 0 amide bonds. The zero-order valence-electron chi connectivity index (χ0n) is 7.92. The Bertz CT molecular complexity index is 330.